The van der Waals surface area contributed by atoms with E-state index in [1.807, 2.05) is 48.5 Å². The molecule has 8 nitrogen and oxygen atoms in total. The molecule has 1 aliphatic carbocycles. The molecule has 3 aromatic rings. The second-order valence-corrected chi connectivity index (χ2v) is 9.13. The molecule has 0 aliphatic heterocycles. The van der Waals surface area contributed by atoms with Crippen LogP contribution in [0.15, 0.2) is 86.7 Å². The van der Waals surface area contributed by atoms with Gasteiger partial charge in [0.05, 0.1) is 43.3 Å². The van der Waals surface area contributed by atoms with Crippen LogP contribution in [-0.4, -0.2) is 43.5 Å². The van der Waals surface area contributed by atoms with E-state index >= 15 is 0 Å². The van der Waals surface area contributed by atoms with Gasteiger partial charge in [-0.25, -0.2) is 4.79 Å². The number of H-pyrrole nitrogens is 1. The Morgan fingerprint density at radius 3 is 2.34 bits per heavy atom. The van der Waals surface area contributed by atoms with E-state index in [0.717, 1.165) is 22.8 Å². The summed E-state index contributed by atoms with van der Waals surface area (Å²) < 4.78 is 18.5. The SMILES string of the molecule is COC[C@H]1C(OC)=C[C@@H](n2cc(Br)c(=O)[nH]c2=O)[C@@H]1N(Cc1ccccc1)c1ccc(OC)cc1. The molecule has 2 aromatic carbocycles. The fraction of sp³-hybridized carbons (Fsp3) is 0.308. The number of hydrogen-bond donors (Lipinski definition) is 1. The second-order valence-electron chi connectivity index (χ2n) is 8.27. The summed E-state index contributed by atoms with van der Waals surface area (Å²) in [5.74, 6) is 1.31. The molecule has 0 bridgehead atoms. The van der Waals surface area contributed by atoms with Gasteiger partial charge in [0.1, 0.15) is 11.5 Å². The molecule has 1 heterocycles. The van der Waals surface area contributed by atoms with E-state index in [0.29, 0.717) is 13.2 Å². The summed E-state index contributed by atoms with van der Waals surface area (Å²) in [7, 11) is 4.90. The van der Waals surface area contributed by atoms with Crippen LogP contribution in [0.5, 0.6) is 5.75 Å². The predicted octanol–water partition coefficient (Wildman–Crippen LogP) is 3.73. The average Bonchev–Trinajstić information content (AvgIpc) is 3.23. The number of rotatable bonds is 9. The van der Waals surface area contributed by atoms with E-state index in [2.05, 4.69) is 37.9 Å². The number of aromatic amines is 1. The predicted molar refractivity (Wildman–Crippen MR) is 138 cm³/mol. The van der Waals surface area contributed by atoms with E-state index in [4.69, 9.17) is 14.2 Å². The van der Waals surface area contributed by atoms with Crippen LogP contribution in [-0.2, 0) is 16.0 Å². The van der Waals surface area contributed by atoms with Gasteiger partial charge in [0.2, 0.25) is 0 Å². The van der Waals surface area contributed by atoms with Gasteiger partial charge in [-0.1, -0.05) is 30.3 Å². The highest BCUT2D eigenvalue weighted by molar-refractivity contribution is 9.10. The first-order valence-corrected chi connectivity index (χ1v) is 12.0. The van der Waals surface area contributed by atoms with E-state index in [-0.39, 0.29) is 16.4 Å². The first kappa shape index (κ1) is 24.8. The number of ether oxygens (including phenoxy) is 3. The van der Waals surface area contributed by atoms with Crippen molar-refractivity contribution in [3.63, 3.8) is 0 Å². The monoisotopic (exact) mass is 541 g/mol. The highest BCUT2D eigenvalue weighted by Gasteiger charge is 2.43. The zero-order valence-corrected chi connectivity index (χ0v) is 21.4. The Balaban J connectivity index is 1.88. The van der Waals surface area contributed by atoms with E-state index in [1.165, 1.54) is 10.8 Å². The lowest BCUT2D eigenvalue weighted by Crippen LogP contribution is -2.47. The summed E-state index contributed by atoms with van der Waals surface area (Å²) in [4.78, 5) is 29.6. The smallest absolute Gasteiger partial charge is 0.329 e. The minimum Gasteiger partial charge on any atom is -0.501 e. The zero-order valence-electron chi connectivity index (χ0n) is 19.8. The standard InChI is InChI=1S/C26H28BrN3O5/c1-33-16-20-23(35-3)13-22(30-15-21(27)25(31)28-26(30)32)24(20)29(14-17-7-5-4-6-8-17)18-9-11-19(34-2)12-10-18/h4-13,15,20,22,24H,14,16H2,1-3H3,(H,28,31,32)/t20-,22+,24+/m0/s1. The molecule has 0 radical (unpaired) electrons. The van der Waals surface area contributed by atoms with Gasteiger partial charge in [-0.2, -0.15) is 0 Å². The molecule has 9 heteroatoms. The van der Waals surface area contributed by atoms with Crippen molar-refractivity contribution >= 4 is 21.6 Å². The lowest BCUT2D eigenvalue weighted by Gasteiger charge is -2.39. The van der Waals surface area contributed by atoms with Gasteiger partial charge >= 0.3 is 5.69 Å². The van der Waals surface area contributed by atoms with Gasteiger partial charge in [0.25, 0.3) is 5.56 Å². The van der Waals surface area contributed by atoms with Crippen molar-refractivity contribution < 1.29 is 14.2 Å². The molecule has 3 atom stereocenters. The third kappa shape index (κ3) is 5.21. The highest BCUT2D eigenvalue weighted by Crippen LogP contribution is 2.41. The quantitative estimate of drug-likeness (QED) is 0.444. The Kier molecular flexibility index (Phi) is 7.77. The Hall–Kier alpha value is -3.30. The molecule has 0 spiro atoms. The zero-order chi connectivity index (χ0) is 24.9. The van der Waals surface area contributed by atoms with Gasteiger partial charge in [-0.05, 0) is 51.8 Å². The maximum Gasteiger partial charge on any atom is 0.329 e. The maximum atomic E-state index is 12.9. The minimum atomic E-state index is -0.493. The Bertz CT molecular complexity index is 1290. The molecule has 0 amide bonds. The van der Waals surface area contributed by atoms with Crippen molar-refractivity contribution in [2.45, 2.75) is 18.6 Å². The van der Waals surface area contributed by atoms with Crippen LogP contribution in [0.1, 0.15) is 11.6 Å². The van der Waals surface area contributed by atoms with E-state index in [1.54, 1.807) is 21.3 Å². The summed E-state index contributed by atoms with van der Waals surface area (Å²) in [5, 5.41) is 0. The van der Waals surface area contributed by atoms with Crippen molar-refractivity contribution in [2.75, 3.05) is 32.8 Å². The first-order chi connectivity index (χ1) is 17.0. The second kappa shape index (κ2) is 11.0. The van der Waals surface area contributed by atoms with Crippen LogP contribution in [0.2, 0.25) is 0 Å². The average molecular weight is 542 g/mol. The molecule has 1 aliphatic rings. The topological polar surface area (TPSA) is 85.8 Å². The Morgan fingerprint density at radius 2 is 1.71 bits per heavy atom. The molecule has 0 saturated heterocycles. The summed E-state index contributed by atoms with van der Waals surface area (Å²) >= 11 is 3.27. The Labute approximate surface area is 211 Å². The molecule has 0 saturated carbocycles. The van der Waals surface area contributed by atoms with Crippen LogP contribution in [0.4, 0.5) is 5.69 Å². The summed E-state index contributed by atoms with van der Waals surface area (Å²) in [5.41, 5.74) is 1.10. The molecule has 0 fully saturated rings. The number of nitrogens with zero attached hydrogens (tertiary/aromatic N) is 2. The van der Waals surface area contributed by atoms with Crippen LogP contribution >= 0.6 is 15.9 Å². The maximum absolute atomic E-state index is 12.9. The van der Waals surface area contributed by atoms with Gasteiger partial charge in [0.15, 0.2) is 0 Å². The van der Waals surface area contributed by atoms with E-state index < -0.39 is 17.3 Å². The number of aromatic nitrogens is 2. The summed E-state index contributed by atoms with van der Waals surface area (Å²) in [6, 6.07) is 17.3. The number of methoxy groups -OCH3 is 3. The van der Waals surface area contributed by atoms with Gasteiger partial charge in [-0.3, -0.25) is 14.3 Å². The summed E-state index contributed by atoms with van der Waals surface area (Å²) in [6.45, 7) is 0.972. The number of anilines is 1. The fourth-order valence-electron chi connectivity index (χ4n) is 4.63. The van der Waals surface area contributed by atoms with Crippen molar-refractivity contribution in [1.29, 1.82) is 0 Å². The van der Waals surface area contributed by atoms with E-state index in [9.17, 15) is 9.59 Å². The first-order valence-electron chi connectivity index (χ1n) is 11.2. The molecule has 4 rings (SSSR count). The van der Waals surface area contributed by atoms with Crippen LogP contribution in [0.3, 0.4) is 0 Å². The largest absolute Gasteiger partial charge is 0.501 e. The number of benzene rings is 2. The van der Waals surface area contributed by atoms with Crippen LogP contribution in [0, 0.1) is 5.92 Å². The number of halogens is 1. The van der Waals surface area contributed by atoms with Gasteiger partial charge in [-0.15, -0.1) is 0 Å². The molecular weight excluding hydrogens is 514 g/mol. The highest BCUT2D eigenvalue weighted by atomic mass is 79.9. The van der Waals surface area contributed by atoms with Gasteiger partial charge in [0, 0.05) is 25.5 Å². The Morgan fingerprint density at radius 1 is 1.00 bits per heavy atom. The normalized spacial score (nSPS) is 19.3. The molecule has 1 N–H and O–H groups in total. The third-order valence-corrected chi connectivity index (χ3v) is 6.81. The molecule has 1 aromatic heterocycles. The molecule has 0 unspecified atom stereocenters. The molecular formula is C26H28BrN3O5. The number of hydrogen-bond acceptors (Lipinski definition) is 6. The third-order valence-electron chi connectivity index (χ3n) is 6.25. The van der Waals surface area contributed by atoms with Crippen molar-refractivity contribution in [3.05, 3.63) is 104 Å². The lowest BCUT2D eigenvalue weighted by molar-refractivity contribution is 0.119. The van der Waals surface area contributed by atoms with Crippen LogP contribution < -0.4 is 20.9 Å². The van der Waals surface area contributed by atoms with Crippen LogP contribution in [0.25, 0.3) is 0 Å². The fourth-order valence-corrected chi connectivity index (χ4v) is 4.95. The van der Waals surface area contributed by atoms with Crippen molar-refractivity contribution in [3.8, 4) is 5.75 Å². The molecule has 35 heavy (non-hydrogen) atoms. The lowest BCUT2D eigenvalue weighted by atomic mass is 9.96. The van der Waals surface area contributed by atoms with Gasteiger partial charge < -0.3 is 19.1 Å². The molecule has 184 valence electrons. The number of nitrogens with one attached hydrogen (secondary N) is 1. The summed E-state index contributed by atoms with van der Waals surface area (Å²) in [6.07, 6.45) is 3.47. The minimum absolute atomic E-state index is 0.168. The van der Waals surface area contributed by atoms with Crippen molar-refractivity contribution in [2.24, 2.45) is 5.92 Å². The van der Waals surface area contributed by atoms with Crippen molar-refractivity contribution in [1.82, 2.24) is 9.55 Å².